The van der Waals surface area contributed by atoms with Gasteiger partial charge in [-0.05, 0) is 48.0 Å². The zero-order valence-corrected chi connectivity index (χ0v) is 16.1. The van der Waals surface area contributed by atoms with E-state index in [0.29, 0.717) is 29.7 Å². The molecule has 0 saturated heterocycles. The zero-order chi connectivity index (χ0) is 19.9. The second-order valence-electron chi connectivity index (χ2n) is 6.10. The van der Waals surface area contributed by atoms with Gasteiger partial charge < -0.3 is 19.9 Å². The van der Waals surface area contributed by atoms with Crippen LogP contribution in [0.4, 0.5) is 5.69 Å². The maximum Gasteiger partial charge on any atom is 0.335 e. The van der Waals surface area contributed by atoms with E-state index in [1.165, 1.54) is 0 Å². The molecular weight excluding hydrogens is 378 g/mol. The van der Waals surface area contributed by atoms with Crippen LogP contribution in [0.15, 0.2) is 66.7 Å². The molecule has 3 aromatic rings. The first-order valence-electron chi connectivity index (χ1n) is 8.67. The lowest BCUT2D eigenvalue weighted by Crippen LogP contribution is -2.05. The third-order valence-corrected chi connectivity index (χ3v) is 4.44. The van der Waals surface area contributed by atoms with Crippen LogP contribution in [-0.2, 0) is 13.2 Å². The number of para-hydroxylation sites is 1. The molecule has 144 valence electrons. The Morgan fingerprint density at radius 1 is 1.04 bits per heavy atom. The minimum Gasteiger partial charge on any atom is -0.493 e. The third kappa shape index (κ3) is 4.96. The highest BCUT2D eigenvalue weighted by atomic mass is 35.5. The van der Waals surface area contributed by atoms with E-state index in [1.807, 2.05) is 42.5 Å². The standard InChI is InChI=1S/C22H20ClNO4/c1-27-20-4-2-3-17(13-24-19-11-7-16(8-12-19)22(25)26)21(20)28-14-15-5-9-18(23)10-6-15/h2-12,24H,13-14H2,1H3,(H,25,26). The highest BCUT2D eigenvalue weighted by molar-refractivity contribution is 6.30. The Hall–Kier alpha value is -3.18. The number of halogens is 1. The van der Waals surface area contributed by atoms with Crippen molar-refractivity contribution in [2.45, 2.75) is 13.2 Å². The number of anilines is 1. The summed E-state index contributed by atoms with van der Waals surface area (Å²) >= 11 is 5.93. The number of carbonyl (C=O) groups is 1. The van der Waals surface area contributed by atoms with Crippen LogP contribution < -0.4 is 14.8 Å². The van der Waals surface area contributed by atoms with E-state index in [1.54, 1.807) is 31.4 Å². The first-order valence-corrected chi connectivity index (χ1v) is 9.05. The Morgan fingerprint density at radius 2 is 1.75 bits per heavy atom. The van der Waals surface area contributed by atoms with Crippen molar-refractivity contribution in [3.05, 3.63) is 88.4 Å². The summed E-state index contributed by atoms with van der Waals surface area (Å²) in [6.45, 7) is 0.886. The summed E-state index contributed by atoms with van der Waals surface area (Å²) in [7, 11) is 1.60. The number of methoxy groups -OCH3 is 1. The Kier molecular flexibility index (Phi) is 6.40. The van der Waals surface area contributed by atoms with Gasteiger partial charge in [0.2, 0.25) is 0 Å². The van der Waals surface area contributed by atoms with Crippen molar-refractivity contribution in [1.29, 1.82) is 0 Å². The Balaban J connectivity index is 1.73. The van der Waals surface area contributed by atoms with Gasteiger partial charge in [0.15, 0.2) is 11.5 Å². The monoisotopic (exact) mass is 397 g/mol. The Morgan fingerprint density at radius 3 is 2.39 bits per heavy atom. The van der Waals surface area contributed by atoms with Crippen molar-refractivity contribution in [3.8, 4) is 11.5 Å². The van der Waals surface area contributed by atoms with Gasteiger partial charge >= 0.3 is 5.97 Å². The second-order valence-corrected chi connectivity index (χ2v) is 6.54. The summed E-state index contributed by atoms with van der Waals surface area (Å²) in [6.07, 6.45) is 0. The highest BCUT2D eigenvalue weighted by Crippen LogP contribution is 2.32. The molecule has 0 spiro atoms. The molecule has 0 heterocycles. The average molecular weight is 398 g/mol. The zero-order valence-electron chi connectivity index (χ0n) is 15.3. The number of hydrogen-bond acceptors (Lipinski definition) is 4. The maximum atomic E-state index is 11.0. The van der Waals surface area contributed by atoms with Gasteiger partial charge in [0.05, 0.1) is 12.7 Å². The molecule has 0 atom stereocenters. The lowest BCUT2D eigenvalue weighted by atomic mass is 10.1. The van der Waals surface area contributed by atoms with Crippen molar-refractivity contribution >= 4 is 23.3 Å². The molecule has 0 saturated carbocycles. The largest absolute Gasteiger partial charge is 0.493 e. The summed E-state index contributed by atoms with van der Waals surface area (Å²) in [4.78, 5) is 11.0. The van der Waals surface area contributed by atoms with E-state index in [4.69, 9.17) is 26.2 Å². The Bertz CT molecular complexity index is 940. The number of carboxylic acids is 1. The van der Waals surface area contributed by atoms with Crippen molar-refractivity contribution in [1.82, 2.24) is 0 Å². The lowest BCUT2D eigenvalue weighted by molar-refractivity contribution is 0.0697. The van der Waals surface area contributed by atoms with E-state index < -0.39 is 5.97 Å². The maximum absolute atomic E-state index is 11.0. The summed E-state index contributed by atoms with van der Waals surface area (Å²) in [5, 5.41) is 12.9. The van der Waals surface area contributed by atoms with Gasteiger partial charge in [0.1, 0.15) is 6.61 Å². The molecule has 0 unspecified atom stereocenters. The summed E-state index contributed by atoms with van der Waals surface area (Å²) in [5.41, 5.74) is 2.99. The Labute approximate surface area is 168 Å². The second kappa shape index (κ2) is 9.15. The highest BCUT2D eigenvalue weighted by Gasteiger charge is 2.11. The fourth-order valence-corrected chi connectivity index (χ4v) is 2.82. The SMILES string of the molecule is COc1cccc(CNc2ccc(C(=O)O)cc2)c1OCc1ccc(Cl)cc1. The molecule has 0 aliphatic heterocycles. The van der Waals surface area contributed by atoms with Gasteiger partial charge in [0.25, 0.3) is 0 Å². The van der Waals surface area contributed by atoms with Crippen molar-refractivity contribution in [2.24, 2.45) is 0 Å². The lowest BCUT2D eigenvalue weighted by Gasteiger charge is -2.16. The normalized spacial score (nSPS) is 10.4. The number of ether oxygens (including phenoxy) is 2. The molecule has 0 fully saturated rings. The van der Waals surface area contributed by atoms with Crippen LogP contribution in [0, 0.1) is 0 Å². The molecule has 28 heavy (non-hydrogen) atoms. The van der Waals surface area contributed by atoms with Gasteiger partial charge in [-0.3, -0.25) is 0 Å². The number of carboxylic acid groups (broad SMARTS) is 1. The quantitative estimate of drug-likeness (QED) is 0.544. The van der Waals surface area contributed by atoms with Crippen molar-refractivity contribution in [3.63, 3.8) is 0 Å². The summed E-state index contributed by atoms with van der Waals surface area (Å²) in [5.74, 6) is 0.362. The van der Waals surface area contributed by atoms with Crippen molar-refractivity contribution in [2.75, 3.05) is 12.4 Å². The van der Waals surface area contributed by atoms with Gasteiger partial charge in [-0.2, -0.15) is 0 Å². The molecule has 6 heteroatoms. The van der Waals surface area contributed by atoms with Crippen LogP contribution in [0.3, 0.4) is 0 Å². The molecule has 3 rings (SSSR count). The number of aromatic carboxylic acids is 1. The molecule has 0 amide bonds. The molecule has 0 aromatic heterocycles. The fourth-order valence-electron chi connectivity index (χ4n) is 2.69. The fraction of sp³-hybridized carbons (Fsp3) is 0.136. The number of hydrogen-bond donors (Lipinski definition) is 2. The van der Waals surface area contributed by atoms with Crippen LogP contribution in [0.25, 0.3) is 0 Å². The summed E-state index contributed by atoms with van der Waals surface area (Å²) < 4.78 is 11.5. The predicted molar refractivity (Wildman–Crippen MR) is 110 cm³/mol. The van der Waals surface area contributed by atoms with E-state index in [0.717, 1.165) is 16.8 Å². The van der Waals surface area contributed by atoms with Crippen LogP contribution >= 0.6 is 11.6 Å². The molecule has 3 aromatic carbocycles. The van der Waals surface area contributed by atoms with Gasteiger partial charge in [0, 0.05) is 22.8 Å². The minimum atomic E-state index is -0.947. The van der Waals surface area contributed by atoms with E-state index >= 15 is 0 Å². The molecule has 0 aliphatic carbocycles. The topological polar surface area (TPSA) is 67.8 Å². The predicted octanol–water partition coefficient (Wildman–Crippen LogP) is 5.24. The molecule has 0 aliphatic rings. The molecule has 0 bridgehead atoms. The average Bonchev–Trinajstić information content (AvgIpc) is 2.72. The van der Waals surface area contributed by atoms with E-state index in [9.17, 15) is 4.79 Å². The minimum absolute atomic E-state index is 0.249. The molecule has 5 nitrogen and oxygen atoms in total. The van der Waals surface area contributed by atoms with Crippen LogP contribution in [0.1, 0.15) is 21.5 Å². The molecular formula is C22H20ClNO4. The third-order valence-electron chi connectivity index (χ3n) is 4.19. The molecule has 2 N–H and O–H groups in total. The van der Waals surface area contributed by atoms with E-state index in [-0.39, 0.29) is 5.56 Å². The van der Waals surface area contributed by atoms with E-state index in [2.05, 4.69) is 5.32 Å². The van der Waals surface area contributed by atoms with Crippen LogP contribution in [0.5, 0.6) is 11.5 Å². The van der Waals surface area contributed by atoms with Crippen LogP contribution in [-0.4, -0.2) is 18.2 Å². The number of nitrogens with one attached hydrogen (secondary N) is 1. The molecule has 0 radical (unpaired) electrons. The summed E-state index contributed by atoms with van der Waals surface area (Å²) in [6, 6.07) is 19.8. The first-order chi connectivity index (χ1) is 13.6. The van der Waals surface area contributed by atoms with Crippen molar-refractivity contribution < 1.29 is 19.4 Å². The van der Waals surface area contributed by atoms with Gasteiger partial charge in [-0.1, -0.05) is 35.9 Å². The van der Waals surface area contributed by atoms with Gasteiger partial charge in [-0.25, -0.2) is 4.79 Å². The number of rotatable bonds is 8. The van der Waals surface area contributed by atoms with Gasteiger partial charge in [-0.15, -0.1) is 0 Å². The van der Waals surface area contributed by atoms with Crippen LogP contribution in [0.2, 0.25) is 5.02 Å². The first kappa shape index (κ1) is 19.6. The number of benzene rings is 3. The smallest absolute Gasteiger partial charge is 0.335 e.